The highest BCUT2D eigenvalue weighted by atomic mass is 79.9. The van der Waals surface area contributed by atoms with Gasteiger partial charge in [-0.25, -0.2) is 0 Å². The van der Waals surface area contributed by atoms with E-state index in [1.165, 1.54) is 29.4 Å². The molecule has 0 spiro atoms. The third-order valence-corrected chi connectivity index (χ3v) is 12.2. The third-order valence-electron chi connectivity index (χ3n) is 11.7. The van der Waals surface area contributed by atoms with Crippen molar-refractivity contribution in [3.05, 3.63) is 178 Å². The molecule has 2 saturated heterocycles. The molecule has 294 valence electrons. The molecular weight excluding hydrogens is 756 g/mol. The second-order valence-electron chi connectivity index (χ2n) is 15.3. The van der Waals surface area contributed by atoms with Gasteiger partial charge in [-0.1, -0.05) is 163 Å². The monoisotopic (exact) mass is 814 g/mol. The highest BCUT2D eigenvalue weighted by Gasteiger charge is 2.44. The largest absolute Gasteiger partial charge is 0.468 e. The number of rotatable bonds is 13. The number of nitrogens with zero attached hydrogens (tertiary/aromatic N) is 3. The molecule has 2 aliphatic rings. The van der Waals surface area contributed by atoms with Crippen molar-refractivity contribution in [3.8, 4) is 0 Å². The minimum Gasteiger partial charge on any atom is -0.468 e. The van der Waals surface area contributed by atoms with Crippen molar-refractivity contribution in [2.45, 2.75) is 44.2 Å². The minimum atomic E-state index is -0.636. The molecule has 0 saturated carbocycles. The average molecular weight is 816 g/mol. The van der Waals surface area contributed by atoms with E-state index in [9.17, 15) is 4.79 Å². The summed E-state index contributed by atoms with van der Waals surface area (Å²) in [5.41, 5.74) is 5.86. The van der Waals surface area contributed by atoms with E-state index in [4.69, 9.17) is 4.74 Å². The fourth-order valence-electron chi connectivity index (χ4n) is 8.69. The van der Waals surface area contributed by atoms with E-state index in [-0.39, 0.29) is 17.9 Å². The number of nitrogens with one attached hydrogen (secondary N) is 1. The first kappa shape index (κ1) is 41.5. The third kappa shape index (κ3) is 10.4. The zero-order chi connectivity index (χ0) is 39.2. The maximum atomic E-state index is 13.2. The Kier molecular flexibility index (Phi) is 15.5. The Hall–Kier alpha value is -4.11. The van der Waals surface area contributed by atoms with E-state index in [0.717, 1.165) is 81.8 Å². The van der Waals surface area contributed by atoms with Gasteiger partial charge in [-0.2, -0.15) is 0 Å². The van der Waals surface area contributed by atoms with E-state index < -0.39 is 5.41 Å². The van der Waals surface area contributed by atoms with E-state index >= 15 is 0 Å². The molecule has 7 rings (SSSR count). The number of methoxy groups -OCH3 is 1. The smallest absolute Gasteiger partial charge is 0.316 e. The van der Waals surface area contributed by atoms with E-state index in [0.29, 0.717) is 6.04 Å². The van der Waals surface area contributed by atoms with Crippen LogP contribution in [0.3, 0.4) is 0 Å². The number of piperazine rings is 2. The average Bonchev–Trinajstić information content (AvgIpc) is 3.25. The summed E-state index contributed by atoms with van der Waals surface area (Å²) in [6, 6.07) is 52.1. The van der Waals surface area contributed by atoms with Gasteiger partial charge in [0.1, 0.15) is 0 Å². The molecule has 7 heteroatoms. The van der Waals surface area contributed by atoms with Crippen molar-refractivity contribution in [1.29, 1.82) is 0 Å². The van der Waals surface area contributed by atoms with Gasteiger partial charge in [0.05, 0.1) is 24.6 Å². The first-order valence-corrected chi connectivity index (χ1v) is 21.2. The predicted molar refractivity (Wildman–Crippen MR) is 234 cm³/mol. The van der Waals surface area contributed by atoms with E-state index in [1.54, 1.807) is 0 Å². The molecule has 6 nitrogen and oxygen atoms in total. The molecule has 2 heterocycles. The number of esters is 1. The zero-order valence-electron chi connectivity index (χ0n) is 33.4. The summed E-state index contributed by atoms with van der Waals surface area (Å²) in [5, 5.41) is 3.43. The summed E-state index contributed by atoms with van der Waals surface area (Å²) < 4.78 is 6.37. The summed E-state index contributed by atoms with van der Waals surface area (Å²) >= 11 is 3.53. The van der Waals surface area contributed by atoms with Crippen molar-refractivity contribution in [2.75, 3.05) is 66.0 Å². The van der Waals surface area contributed by atoms with Crippen molar-refractivity contribution >= 4 is 21.9 Å². The molecule has 5 aromatic rings. The van der Waals surface area contributed by atoms with Gasteiger partial charge in [-0.15, -0.1) is 0 Å². The first-order valence-electron chi connectivity index (χ1n) is 20.4. The van der Waals surface area contributed by atoms with Crippen LogP contribution in [0.15, 0.2) is 150 Å². The minimum absolute atomic E-state index is 0.135. The number of halogens is 1. The Morgan fingerprint density at radius 2 is 1.04 bits per heavy atom. The van der Waals surface area contributed by atoms with Crippen molar-refractivity contribution in [1.82, 2.24) is 20.0 Å². The Labute approximate surface area is 344 Å². The van der Waals surface area contributed by atoms with Gasteiger partial charge >= 0.3 is 5.97 Å². The van der Waals surface area contributed by atoms with Gasteiger partial charge in [0.2, 0.25) is 0 Å². The van der Waals surface area contributed by atoms with Crippen LogP contribution >= 0.6 is 15.9 Å². The summed E-state index contributed by atoms with van der Waals surface area (Å²) in [6.45, 7) is 13.7. The van der Waals surface area contributed by atoms with Crippen LogP contribution < -0.4 is 5.32 Å². The van der Waals surface area contributed by atoms with Gasteiger partial charge in [0.15, 0.2) is 0 Å². The van der Waals surface area contributed by atoms with Gasteiger partial charge in [0.25, 0.3) is 0 Å². The van der Waals surface area contributed by atoms with Crippen molar-refractivity contribution < 1.29 is 9.53 Å². The fourth-order valence-corrected chi connectivity index (χ4v) is 8.95. The lowest BCUT2D eigenvalue weighted by atomic mass is 9.68. The molecule has 1 atom stereocenters. The predicted octanol–water partition coefficient (Wildman–Crippen LogP) is 9.38. The molecule has 0 amide bonds. The van der Waals surface area contributed by atoms with Crippen LogP contribution in [-0.2, 0) is 14.9 Å². The molecule has 0 aromatic heterocycles. The van der Waals surface area contributed by atoms with Crippen LogP contribution in [-0.4, -0.2) is 86.7 Å². The highest BCUT2D eigenvalue weighted by Crippen LogP contribution is 2.39. The Bertz CT molecular complexity index is 1790. The topological polar surface area (TPSA) is 48.1 Å². The standard InChI is InChI=1S/C32H39BrN2O2.C17H20N2/c1-25(2)32(31(36)37-3,28-15-17-29(33)18-16-28)19-10-20-34-21-23-35(24-22-34)30(26-11-6-4-7-12-26)27-13-8-5-9-14-27;1-3-7-15(8-4-1)17(16-9-5-2-6-10-16)19-13-11-18-12-14-19/h4-9,11-18,25,30H,10,19-24H2,1-3H3;1-10,17-18H,11-14H2. The van der Waals surface area contributed by atoms with Crippen LogP contribution in [0, 0.1) is 5.92 Å². The van der Waals surface area contributed by atoms with E-state index in [2.05, 4.69) is 183 Å². The lowest BCUT2D eigenvalue weighted by Crippen LogP contribution is -2.48. The number of benzene rings is 5. The lowest BCUT2D eigenvalue weighted by molar-refractivity contribution is -0.150. The Morgan fingerprint density at radius 1 is 0.625 bits per heavy atom. The van der Waals surface area contributed by atoms with E-state index in [1.807, 2.05) is 12.1 Å². The maximum Gasteiger partial charge on any atom is 0.316 e. The number of carbonyl (C=O) groups excluding carboxylic acids is 1. The van der Waals surface area contributed by atoms with Gasteiger partial charge in [-0.05, 0) is 65.3 Å². The Balaban J connectivity index is 0.000000233. The Morgan fingerprint density at radius 3 is 1.43 bits per heavy atom. The molecule has 2 fully saturated rings. The number of hydrogen-bond donors (Lipinski definition) is 1. The number of ether oxygens (including phenoxy) is 1. The molecule has 2 aliphatic heterocycles. The quantitative estimate of drug-likeness (QED) is 0.120. The van der Waals surface area contributed by atoms with Crippen molar-refractivity contribution in [3.63, 3.8) is 0 Å². The molecule has 0 bridgehead atoms. The molecule has 5 aromatic carbocycles. The second kappa shape index (κ2) is 20.9. The van der Waals surface area contributed by atoms with Crippen LogP contribution in [0.25, 0.3) is 0 Å². The normalized spacial score (nSPS) is 16.6. The summed E-state index contributed by atoms with van der Waals surface area (Å²) in [6.07, 6.45) is 1.72. The van der Waals surface area contributed by atoms with Crippen LogP contribution in [0.1, 0.15) is 66.6 Å². The summed E-state index contributed by atoms with van der Waals surface area (Å²) in [4.78, 5) is 20.9. The van der Waals surface area contributed by atoms with Crippen LogP contribution in [0.2, 0.25) is 0 Å². The molecule has 1 N–H and O–H groups in total. The van der Waals surface area contributed by atoms with Gasteiger partial charge < -0.3 is 15.0 Å². The van der Waals surface area contributed by atoms with Crippen LogP contribution in [0.4, 0.5) is 0 Å². The molecule has 0 radical (unpaired) electrons. The maximum absolute atomic E-state index is 13.2. The molecule has 0 aliphatic carbocycles. The van der Waals surface area contributed by atoms with Gasteiger partial charge in [-0.3, -0.25) is 14.6 Å². The number of carbonyl (C=O) groups is 1. The first-order chi connectivity index (χ1) is 27.4. The van der Waals surface area contributed by atoms with Gasteiger partial charge in [0, 0.05) is 56.8 Å². The number of hydrogen-bond acceptors (Lipinski definition) is 6. The fraction of sp³-hybridized carbons (Fsp3) is 0.367. The lowest BCUT2D eigenvalue weighted by Gasteiger charge is -2.40. The SMILES string of the molecule is COC(=O)C(CCCN1CCN(C(c2ccccc2)c2ccccc2)CC1)(c1ccc(Br)cc1)C(C)C.c1ccc(C(c2ccccc2)N2CCNCC2)cc1. The molecule has 56 heavy (non-hydrogen) atoms. The highest BCUT2D eigenvalue weighted by molar-refractivity contribution is 9.10. The van der Waals surface area contributed by atoms with Crippen molar-refractivity contribution in [2.24, 2.45) is 5.92 Å². The second-order valence-corrected chi connectivity index (χ2v) is 16.3. The summed E-state index contributed by atoms with van der Waals surface area (Å²) in [5.74, 6) is -0.00122. The molecule has 1 unspecified atom stereocenters. The van der Waals surface area contributed by atoms with Crippen LogP contribution in [0.5, 0.6) is 0 Å². The summed E-state index contributed by atoms with van der Waals surface area (Å²) in [7, 11) is 1.51. The molecular formula is C49H59BrN4O2. The zero-order valence-corrected chi connectivity index (χ0v) is 35.0.